The Kier molecular flexibility index (Phi) is 4.85. The van der Waals surface area contributed by atoms with Gasteiger partial charge in [0.1, 0.15) is 11.3 Å². The Morgan fingerprint density at radius 1 is 0.969 bits per heavy atom. The van der Waals surface area contributed by atoms with Crippen LogP contribution in [0.4, 0.5) is 5.82 Å². The molecule has 1 aliphatic carbocycles. The van der Waals surface area contributed by atoms with Gasteiger partial charge in [0.25, 0.3) is 0 Å². The van der Waals surface area contributed by atoms with Crippen molar-refractivity contribution in [1.29, 1.82) is 0 Å². The van der Waals surface area contributed by atoms with Crippen molar-refractivity contribution in [3.8, 4) is 17.1 Å². The molecule has 7 nitrogen and oxygen atoms in total. The molecule has 2 aliphatic rings. The number of imidazole rings is 1. The molecule has 0 bridgehead atoms. The van der Waals surface area contributed by atoms with Crippen molar-refractivity contribution in [3.05, 3.63) is 66.0 Å². The summed E-state index contributed by atoms with van der Waals surface area (Å²) in [5.41, 5.74) is 12.3. The molecule has 3 N–H and O–H groups in total. The van der Waals surface area contributed by atoms with Gasteiger partial charge >= 0.3 is 0 Å². The maximum absolute atomic E-state index is 6.24. The lowest BCUT2D eigenvalue weighted by atomic mass is 10.1. The average Bonchev–Trinajstić information content (AvgIpc) is 3.61. The molecule has 162 valence electrons. The van der Waals surface area contributed by atoms with Crippen LogP contribution in [0, 0.1) is 0 Å². The van der Waals surface area contributed by atoms with Gasteiger partial charge in [-0.05, 0) is 54.8 Å². The Morgan fingerprint density at radius 3 is 2.53 bits per heavy atom. The molecule has 1 aromatic carbocycles. The highest BCUT2D eigenvalue weighted by molar-refractivity contribution is 5.83. The molecule has 7 heteroatoms. The average molecular weight is 426 g/mol. The van der Waals surface area contributed by atoms with Crippen LogP contribution in [0.2, 0.25) is 0 Å². The van der Waals surface area contributed by atoms with Crippen molar-refractivity contribution < 1.29 is 0 Å². The zero-order valence-electron chi connectivity index (χ0n) is 18.0. The van der Waals surface area contributed by atoms with Gasteiger partial charge in [-0.15, -0.1) is 0 Å². The first-order valence-corrected chi connectivity index (χ1v) is 11.4. The van der Waals surface area contributed by atoms with Gasteiger partial charge in [-0.2, -0.15) is 0 Å². The first-order valence-electron chi connectivity index (χ1n) is 11.4. The van der Waals surface area contributed by atoms with E-state index in [-0.39, 0.29) is 0 Å². The number of fused-ring (bicyclic) bond motifs is 1. The van der Waals surface area contributed by atoms with Crippen molar-refractivity contribution in [3.63, 3.8) is 0 Å². The lowest BCUT2D eigenvalue weighted by Crippen LogP contribution is -2.42. The third-order valence-electron chi connectivity index (χ3n) is 6.41. The molecule has 0 amide bonds. The number of nitrogens with zero attached hydrogens (tertiary/aromatic N) is 5. The van der Waals surface area contributed by atoms with Crippen molar-refractivity contribution in [2.24, 2.45) is 0 Å². The first kappa shape index (κ1) is 19.4. The molecule has 1 saturated heterocycles. The molecule has 4 heterocycles. The third-order valence-corrected chi connectivity index (χ3v) is 6.41. The number of anilines is 1. The minimum absolute atomic E-state index is 0.474. The normalized spacial score (nSPS) is 17.1. The largest absolute Gasteiger partial charge is 0.383 e. The van der Waals surface area contributed by atoms with Crippen LogP contribution >= 0.6 is 0 Å². The minimum Gasteiger partial charge on any atom is -0.383 e. The van der Waals surface area contributed by atoms with Gasteiger partial charge in [0.05, 0.1) is 5.56 Å². The Hall–Kier alpha value is -3.29. The number of nitrogen functional groups attached to an aromatic ring is 1. The molecule has 6 rings (SSSR count). The molecule has 3 aromatic heterocycles. The third kappa shape index (κ3) is 3.63. The summed E-state index contributed by atoms with van der Waals surface area (Å²) in [7, 11) is 0. The van der Waals surface area contributed by atoms with E-state index in [4.69, 9.17) is 15.7 Å². The van der Waals surface area contributed by atoms with E-state index in [0.717, 1.165) is 66.7 Å². The lowest BCUT2D eigenvalue weighted by Gasteiger charge is -2.27. The maximum atomic E-state index is 6.24. The van der Waals surface area contributed by atoms with Gasteiger partial charge in [0, 0.05) is 56.2 Å². The SMILES string of the molecule is Nc1ncccc1-c1nc2ccc(C3CC3)nc2n1-c1ccc(CN2CCNCC2)cc1. The summed E-state index contributed by atoms with van der Waals surface area (Å²) in [6.07, 6.45) is 4.14. The maximum Gasteiger partial charge on any atom is 0.165 e. The fourth-order valence-electron chi connectivity index (χ4n) is 4.49. The molecule has 0 radical (unpaired) electrons. The zero-order chi connectivity index (χ0) is 21.5. The number of rotatable bonds is 5. The van der Waals surface area contributed by atoms with Crippen LogP contribution < -0.4 is 11.1 Å². The standard InChI is InChI=1S/C25H27N7/c26-23-20(2-1-11-28-23)24-30-22-10-9-21(18-5-6-18)29-25(22)32(24)19-7-3-17(4-8-19)16-31-14-12-27-13-15-31/h1-4,7-11,18,27H,5-6,12-16H2,(H2,26,28). The van der Waals surface area contributed by atoms with Crippen LogP contribution in [0.15, 0.2) is 54.7 Å². The van der Waals surface area contributed by atoms with Crippen molar-refractivity contribution in [2.75, 3.05) is 31.9 Å². The molecule has 0 atom stereocenters. The van der Waals surface area contributed by atoms with Gasteiger partial charge < -0.3 is 11.1 Å². The number of aromatic nitrogens is 4. The molecule has 1 aliphatic heterocycles. The zero-order valence-corrected chi connectivity index (χ0v) is 18.0. The van der Waals surface area contributed by atoms with E-state index in [1.54, 1.807) is 6.20 Å². The highest BCUT2D eigenvalue weighted by Crippen LogP contribution is 2.40. The number of nitrogens with one attached hydrogen (secondary N) is 1. The minimum atomic E-state index is 0.474. The molecule has 0 spiro atoms. The smallest absolute Gasteiger partial charge is 0.165 e. The number of hydrogen-bond acceptors (Lipinski definition) is 6. The van der Waals surface area contributed by atoms with Crippen LogP contribution in [0.5, 0.6) is 0 Å². The van der Waals surface area contributed by atoms with Crippen LogP contribution in [-0.2, 0) is 6.54 Å². The topological polar surface area (TPSA) is 84.9 Å². The van der Waals surface area contributed by atoms with Gasteiger partial charge in [0.15, 0.2) is 11.5 Å². The first-order chi connectivity index (χ1) is 15.8. The van der Waals surface area contributed by atoms with Gasteiger partial charge in [-0.1, -0.05) is 12.1 Å². The van der Waals surface area contributed by atoms with Gasteiger partial charge in [0.2, 0.25) is 0 Å². The van der Waals surface area contributed by atoms with E-state index in [1.165, 1.54) is 18.4 Å². The van der Waals surface area contributed by atoms with E-state index in [2.05, 4.69) is 56.2 Å². The lowest BCUT2D eigenvalue weighted by molar-refractivity contribution is 0.233. The molecule has 1 saturated carbocycles. The van der Waals surface area contributed by atoms with Crippen LogP contribution in [-0.4, -0.2) is 50.6 Å². The Balaban J connectivity index is 1.44. The number of nitrogens with two attached hydrogens (primary N) is 1. The molecule has 0 unspecified atom stereocenters. The Labute approximate surface area is 187 Å². The monoisotopic (exact) mass is 425 g/mol. The summed E-state index contributed by atoms with van der Waals surface area (Å²) < 4.78 is 2.13. The number of hydrogen-bond donors (Lipinski definition) is 2. The predicted molar refractivity (Wildman–Crippen MR) is 127 cm³/mol. The van der Waals surface area contributed by atoms with Crippen LogP contribution in [0.1, 0.15) is 30.0 Å². The second-order valence-corrected chi connectivity index (χ2v) is 8.75. The van der Waals surface area contributed by atoms with Crippen molar-refractivity contribution in [1.82, 2.24) is 29.7 Å². The number of pyridine rings is 2. The van der Waals surface area contributed by atoms with Gasteiger partial charge in [-0.25, -0.2) is 15.0 Å². The van der Waals surface area contributed by atoms with E-state index in [9.17, 15) is 0 Å². The van der Waals surface area contributed by atoms with E-state index >= 15 is 0 Å². The summed E-state index contributed by atoms with van der Waals surface area (Å²) in [4.78, 5) is 16.7. The summed E-state index contributed by atoms with van der Waals surface area (Å²) in [5, 5.41) is 3.41. The summed E-state index contributed by atoms with van der Waals surface area (Å²) in [6.45, 7) is 5.27. The second kappa shape index (κ2) is 8.00. The predicted octanol–water partition coefficient (Wildman–Crippen LogP) is 3.35. The molecular formula is C25H27N7. The fraction of sp³-hybridized carbons (Fsp3) is 0.320. The molecule has 32 heavy (non-hydrogen) atoms. The summed E-state index contributed by atoms with van der Waals surface area (Å²) in [6, 6.07) is 16.8. The van der Waals surface area contributed by atoms with Crippen molar-refractivity contribution in [2.45, 2.75) is 25.3 Å². The number of piperazine rings is 1. The summed E-state index contributed by atoms with van der Waals surface area (Å²) in [5.74, 6) is 1.83. The van der Waals surface area contributed by atoms with E-state index in [1.807, 2.05) is 12.1 Å². The number of benzene rings is 1. The van der Waals surface area contributed by atoms with Crippen molar-refractivity contribution >= 4 is 17.0 Å². The second-order valence-electron chi connectivity index (χ2n) is 8.75. The molecular weight excluding hydrogens is 398 g/mol. The quantitative estimate of drug-likeness (QED) is 0.510. The van der Waals surface area contributed by atoms with Gasteiger partial charge in [-0.3, -0.25) is 9.47 Å². The highest BCUT2D eigenvalue weighted by atomic mass is 15.2. The highest BCUT2D eigenvalue weighted by Gasteiger charge is 2.26. The Morgan fingerprint density at radius 2 is 1.78 bits per heavy atom. The Bertz CT molecular complexity index is 1250. The van der Waals surface area contributed by atoms with Crippen LogP contribution in [0.25, 0.3) is 28.2 Å². The fourth-order valence-corrected chi connectivity index (χ4v) is 4.49. The summed E-state index contributed by atoms with van der Waals surface area (Å²) >= 11 is 0. The van der Waals surface area contributed by atoms with E-state index < -0.39 is 0 Å². The van der Waals surface area contributed by atoms with E-state index in [0.29, 0.717) is 11.7 Å². The van der Waals surface area contributed by atoms with Crippen LogP contribution in [0.3, 0.4) is 0 Å². The molecule has 2 fully saturated rings. The molecule has 4 aromatic rings.